The lowest BCUT2D eigenvalue weighted by molar-refractivity contribution is -0.149. The van der Waals surface area contributed by atoms with Crippen molar-refractivity contribution in [1.29, 1.82) is 0 Å². The lowest BCUT2D eigenvalue weighted by atomic mass is 10.00. The Morgan fingerprint density at radius 2 is 1.76 bits per heavy atom. The van der Waals surface area contributed by atoms with Crippen LogP contribution in [0.25, 0.3) is 10.8 Å². The minimum absolute atomic E-state index is 0.0261. The van der Waals surface area contributed by atoms with Crippen molar-refractivity contribution in [3.8, 4) is 5.75 Å². The van der Waals surface area contributed by atoms with Gasteiger partial charge in [0, 0.05) is 10.9 Å². The second-order valence-corrected chi connectivity index (χ2v) is 5.43. The molecule has 0 aliphatic rings. The maximum Gasteiger partial charge on any atom is 0.407 e. The van der Waals surface area contributed by atoms with E-state index in [1.54, 1.807) is 18.2 Å². The van der Waals surface area contributed by atoms with E-state index < -0.39 is 12.2 Å². The molecule has 0 aliphatic carbocycles. The van der Waals surface area contributed by atoms with Crippen LogP contribution in [0, 0.1) is 5.92 Å². The van der Waals surface area contributed by atoms with E-state index in [9.17, 15) is 13.2 Å². The van der Waals surface area contributed by atoms with E-state index in [-0.39, 0.29) is 17.2 Å². The average Bonchev–Trinajstić information content (AvgIpc) is 2.42. The zero-order chi connectivity index (χ0) is 15.6. The van der Waals surface area contributed by atoms with Crippen LogP contribution >= 0.6 is 0 Å². The summed E-state index contributed by atoms with van der Waals surface area (Å²) >= 11 is 0. The topological polar surface area (TPSA) is 35.2 Å². The minimum atomic E-state index is -4.50. The summed E-state index contributed by atoms with van der Waals surface area (Å²) in [5.74, 6) is 0.436. The van der Waals surface area contributed by atoms with Gasteiger partial charge in [0.05, 0.1) is 6.61 Å². The van der Waals surface area contributed by atoms with Crippen LogP contribution < -0.4 is 10.5 Å². The van der Waals surface area contributed by atoms with Gasteiger partial charge in [-0.3, -0.25) is 0 Å². The quantitative estimate of drug-likeness (QED) is 0.905. The van der Waals surface area contributed by atoms with Crippen molar-refractivity contribution in [2.75, 3.05) is 6.61 Å². The maximum absolute atomic E-state index is 12.9. The van der Waals surface area contributed by atoms with Gasteiger partial charge in [-0.1, -0.05) is 50.2 Å². The van der Waals surface area contributed by atoms with Gasteiger partial charge in [-0.05, 0) is 11.3 Å². The summed E-state index contributed by atoms with van der Waals surface area (Å²) in [6.07, 6.45) is -4.50. The Balaban J connectivity index is 2.55. The molecule has 0 saturated heterocycles. The summed E-state index contributed by atoms with van der Waals surface area (Å²) in [4.78, 5) is 0. The summed E-state index contributed by atoms with van der Waals surface area (Å²) in [6, 6.07) is 8.17. The number of rotatable bonds is 4. The normalized spacial score (nSPS) is 13.7. The van der Waals surface area contributed by atoms with Gasteiger partial charge in [-0.2, -0.15) is 13.2 Å². The Morgan fingerprint density at radius 3 is 2.38 bits per heavy atom. The van der Waals surface area contributed by atoms with Crippen LogP contribution in [0.4, 0.5) is 13.2 Å². The van der Waals surface area contributed by atoms with E-state index in [1.165, 1.54) is 6.07 Å². The summed E-state index contributed by atoms with van der Waals surface area (Å²) in [5, 5.41) is 1.48. The number of alkyl halides is 3. The zero-order valence-electron chi connectivity index (χ0n) is 11.9. The monoisotopic (exact) mass is 297 g/mol. The van der Waals surface area contributed by atoms with E-state index in [4.69, 9.17) is 10.5 Å². The number of ether oxygens (including phenoxy) is 1. The van der Waals surface area contributed by atoms with Crippen molar-refractivity contribution < 1.29 is 17.9 Å². The number of hydrogen-bond acceptors (Lipinski definition) is 2. The van der Waals surface area contributed by atoms with Crippen LogP contribution in [0.15, 0.2) is 36.4 Å². The molecule has 0 aliphatic heterocycles. The smallest absolute Gasteiger partial charge is 0.407 e. The standard InChI is InChI=1S/C16H18F3NO/c1-10(2)9-21-14-12-6-4-3-5-11(12)7-8-13(14)15(20)16(17,18)19/h3-8,10,15H,9,20H2,1-2H3/t15-/m0/s1. The predicted octanol–water partition coefficient (Wildman–Crippen LogP) is 4.44. The molecule has 21 heavy (non-hydrogen) atoms. The van der Waals surface area contributed by atoms with E-state index in [2.05, 4.69) is 0 Å². The molecular weight excluding hydrogens is 279 g/mol. The Labute approximate surface area is 121 Å². The van der Waals surface area contributed by atoms with Crippen LogP contribution in [0.3, 0.4) is 0 Å². The third-order valence-electron chi connectivity index (χ3n) is 3.16. The fourth-order valence-corrected chi connectivity index (χ4v) is 2.09. The van der Waals surface area contributed by atoms with Crippen molar-refractivity contribution in [2.24, 2.45) is 11.7 Å². The Kier molecular flexibility index (Phi) is 4.42. The van der Waals surface area contributed by atoms with Gasteiger partial charge in [-0.25, -0.2) is 0 Å². The molecule has 0 bridgehead atoms. The molecule has 0 fully saturated rings. The number of nitrogens with two attached hydrogens (primary N) is 1. The van der Waals surface area contributed by atoms with E-state index in [0.717, 1.165) is 5.39 Å². The van der Waals surface area contributed by atoms with Crippen molar-refractivity contribution >= 4 is 10.8 Å². The molecular formula is C16H18F3NO. The second kappa shape index (κ2) is 5.93. The summed E-state index contributed by atoms with van der Waals surface area (Å²) in [6.45, 7) is 4.22. The summed E-state index contributed by atoms with van der Waals surface area (Å²) in [7, 11) is 0. The van der Waals surface area contributed by atoms with Gasteiger partial charge in [0.15, 0.2) is 0 Å². The third kappa shape index (κ3) is 3.47. The van der Waals surface area contributed by atoms with Crippen LogP contribution in [0.1, 0.15) is 25.5 Å². The van der Waals surface area contributed by atoms with Crippen molar-refractivity contribution in [3.05, 3.63) is 42.0 Å². The maximum atomic E-state index is 12.9. The molecule has 0 spiro atoms. The molecule has 0 aromatic heterocycles. The highest BCUT2D eigenvalue weighted by atomic mass is 19.4. The van der Waals surface area contributed by atoms with E-state index in [0.29, 0.717) is 12.0 Å². The van der Waals surface area contributed by atoms with E-state index >= 15 is 0 Å². The van der Waals surface area contributed by atoms with Crippen LogP contribution in [-0.2, 0) is 0 Å². The van der Waals surface area contributed by atoms with Crippen LogP contribution in [-0.4, -0.2) is 12.8 Å². The van der Waals surface area contributed by atoms with E-state index in [1.807, 2.05) is 26.0 Å². The third-order valence-corrected chi connectivity index (χ3v) is 3.16. The molecule has 114 valence electrons. The first-order valence-corrected chi connectivity index (χ1v) is 6.77. The zero-order valence-corrected chi connectivity index (χ0v) is 11.9. The second-order valence-electron chi connectivity index (χ2n) is 5.43. The molecule has 1 atom stereocenters. The van der Waals surface area contributed by atoms with Gasteiger partial charge in [-0.15, -0.1) is 0 Å². The highest BCUT2D eigenvalue weighted by molar-refractivity contribution is 5.89. The molecule has 0 saturated carbocycles. The predicted molar refractivity (Wildman–Crippen MR) is 77.3 cm³/mol. The summed E-state index contributed by atoms with van der Waals surface area (Å²) in [5.41, 5.74) is 5.34. The lowest BCUT2D eigenvalue weighted by Gasteiger charge is -2.21. The average molecular weight is 297 g/mol. The van der Waals surface area contributed by atoms with Crippen molar-refractivity contribution in [1.82, 2.24) is 0 Å². The summed E-state index contributed by atoms with van der Waals surface area (Å²) < 4.78 is 44.4. The van der Waals surface area contributed by atoms with Gasteiger partial charge >= 0.3 is 6.18 Å². The molecule has 2 aromatic rings. The number of benzene rings is 2. The highest BCUT2D eigenvalue weighted by Crippen LogP contribution is 2.39. The SMILES string of the molecule is CC(C)COc1c([C@H](N)C(F)(F)F)ccc2ccccc12. The fraction of sp³-hybridized carbons (Fsp3) is 0.375. The first kappa shape index (κ1) is 15.6. The molecule has 0 radical (unpaired) electrons. The number of halogens is 3. The molecule has 0 unspecified atom stereocenters. The molecule has 2 rings (SSSR count). The Bertz CT molecular complexity index is 622. The Morgan fingerprint density at radius 1 is 1.10 bits per heavy atom. The first-order chi connectivity index (χ1) is 9.80. The van der Waals surface area contributed by atoms with Gasteiger partial charge in [0.2, 0.25) is 0 Å². The molecule has 0 amide bonds. The van der Waals surface area contributed by atoms with Crippen molar-refractivity contribution in [2.45, 2.75) is 26.1 Å². The van der Waals surface area contributed by atoms with Crippen molar-refractivity contribution in [3.63, 3.8) is 0 Å². The number of hydrogen-bond donors (Lipinski definition) is 1. The lowest BCUT2D eigenvalue weighted by Crippen LogP contribution is -2.29. The first-order valence-electron chi connectivity index (χ1n) is 6.77. The molecule has 5 heteroatoms. The highest BCUT2D eigenvalue weighted by Gasteiger charge is 2.39. The minimum Gasteiger partial charge on any atom is -0.492 e. The van der Waals surface area contributed by atoms with Gasteiger partial charge < -0.3 is 10.5 Å². The largest absolute Gasteiger partial charge is 0.492 e. The fourth-order valence-electron chi connectivity index (χ4n) is 2.09. The number of fused-ring (bicyclic) bond motifs is 1. The molecule has 2 nitrogen and oxygen atoms in total. The molecule has 0 heterocycles. The molecule has 2 N–H and O–H groups in total. The van der Waals surface area contributed by atoms with Gasteiger partial charge in [0.1, 0.15) is 11.8 Å². The molecule has 2 aromatic carbocycles. The van der Waals surface area contributed by atoms with Crippen LogP contribution in [0.2, 0.25) is 0 Å². The van der Waals surface area contributed by atoms with Gasteiger partial charge in [0.25, 0.3) is 0 Å². The van der Waals surface area contributed by atoms with Crippen LogP contribution in [0.5, 0.6) is 5.75 Å². The Hall–Kier alpha value is -1.75.